The minimum absolute atomic E-state index is 0.00664. The summed E-state index contributed by atoms with van der Waals surface area (Å²) in [5.41, 5.74) is 1.99. The lowest BCUT2D eigenvalue weighted by Crippen LogP contribution is -2.27. The van der Waals surface area contributed by atoms with Gasteiger partial charge in [0, 0.05) is 26.8 Å². The number of rotatable bonds is 5. The number of benzene rings is 2. The normalized spacial score (nSPS) is 15.2. The second kappa shape index (κ2) is 8.67. The van der Waals surface area contributed by atoms with Crippen LogP contribution in [0.4, 0.5) is 10.5 Å². The highest BCUT2D eigenvalue weighted by atomic mass is 127. The molecule has 7 nitrogen and oxygen atoms in total. The Hall–Kier alpha value is -2.92. The van der Waals surface area contributed by atoms with Crippen molar-refractivity contribution >= 4 is 57.3 Å². The van der Waals surface area contributed by atoms with Crippen LogP contribution in [0.25, 0.3) is 17.4 Å². The summed E-state index contributed by atoms with van der Waals surface area (Å²) < 4.78 is 6.83. The Morgan fingerprint density at radius 1 is 1.13 bits per heavy atom. The van der Waals surface area contributed by atoms with Gasteiger partial charge in [-0.3, -0.25) is 24.6 Å². The van der Waals surface area contributed by atoms with Gasteiger partial charge in [-0.2, -0.15) is 0 Å². The first-order chi connectivity index (χ1) is 14.8. The number of nitro groups is 1. The standard InChI is InChI=1S/C22H15IN2O5S/c1-13-2-5-15(10-18(13)25(28)29)19-9-8-17(30-19)11-20-21(26)24(22(27)31-20)12-14-3-6-16(23)7-4-14/h2-11H,12H2,1H3/b20-11+. The lowest BCUT2D eigenvalue weighted by molar-refractivity contribution is -0.385. The summed E-state index contributed by atoms with van der Waals surface area (Å²) in [6.45, 7) is 1.87. The molecule has 0 atom stereocenters. The van der Waals surface area contributed by atoms with E-state index in [0.717, 1.165) is 20.9 Å². The Bertz CT molecular complexity index is 1230. The molecule has 0 spiro atoms. The van der Waals surface area contributed by atoms with E-state index in [2.05, 4.69) is 22.6 Å². The third-order valence-corrected chi connectivity index (χ3v) is 6.34. The molecule has 9 heteroatoms. The van der Waals surface area contributed by atoms with Crippen LogP contribution in [0.15, 0.2) is 63.9 Å². The molecular formula is C22H15IN2O5S. The third kappa shape index (κ3) is 4.57. The van der Waals surface area contributed by atoms with E-state index < -0.39 is 4.92 Å². The highest BCUT2D eigenvalue weighted by Gasteiger charge is 2.35. The number of halogens is 1. The zero-order valence-electron chi connectivity index (χ0n) is 16.2. The van der Waals surface area contributed by atoms with Gasteiger partial charge in [-0.15, -0.1) is 0 Å². The number of imide groups is 1. The van der Waals surface area contributed by atoms with E-state index in [-0.39, 0.29) is 28.3 Å². The van der Waals surface area contributed by atoms with Crippen LogP contribution in [0, 0.1) is 20.6 Å². The van der Waals surface area contributed by atoms with Crippen LogP contribution in [-0.2, 0) is 11.3 Å². The lowest BCUT2D eigenvalue weighted by Gasteiger charge is -2.12. The summed E-state index contributed by atoms with van der Waals surface area (Å²) in [5.74, 6) is 0.447. The topological polar surface area (TPSA) is 93.7 Å². The van der Waals surface area contributed by atoms with Crippen molar-refractivity contribution in [3.05, 3.63) is 90.1 Å². The molecule has 0 bridgehead atoms. The SMILES string of the molecule is Cc1ccc(-c2ccc(/C=C3/SC(=O)N(Cc4ccc(I)cc4)C3=O)o2)cc1[N+](=O)[O-]. The van der Waals surface area contributed by atoms with E-state index in [0.29, 0.717) is 22.6 Å². The molecule has 4 rings (SSSR count). The molecule has 1 saturated heterocycles. The molecule has 2 amide bonds. The minimum atomic E-state index is -0.438. The highest BCUT2D eigenvalue weighted by molar-refractivity contribution is 14.1. The quantitative estimate of drug-likeness (QED) is 0.169. The van der Waals surface area contributed by atoms with Gasteiger partial charge >= 0.3 is 0 Å². The van der Waals surface area contributed by atoms with Gasteiger partial charge < -0.3 is 4.42 Å². The maximum atomic E-state index is 12.7. The summed E-state index contributed by atoms with van der Waals surface area (Å²) >= 11 is 3.05. The van der Waals surface area contributed by atoms with Crippen LogP contribution >= 0.6 is 34.4 Å². The molecular weight excluding hydrogens is 531 g/mol. The molecule has 0 radical (unpaired) electrons. The molecule has 2 aromatic carbocycles. The Morgan fingerprint density at radius 2 is 1.87 bits per heavy atom. The lowest BCUT2D eigenvalue weighted by atomic mass is 10.1. The number of hydrogen-bond donors (Lipinski definition) is 0. The van der Waals surface area contributed by atoms with Crippen molar-refractivity contribution in [2.45, 2.75) is 13.5 Å². The average Bonchev–Trinajstić information content (AvgIpc) is 3.30. The molecule has 0 N–H and O–H groups in total. The summed E-state index contributed by atoms with van der Waals surface area (Å²) in [6.07, 6.45) is 1.52. The second-order valence-electron chi connectivity index (χ2n) is 6.85. The van der Waals surface area contributed by atoms with Gasteiger partial charge in [-0.05, 0) is 71.1 Å². The number of aryl methyl sites for hydroxylation is 1. The fourth-order valence-electron chi connectivity index (χ4n) is 3.08. The van der Waals surface area contributed by atoms with Crippen LogP contribution in [0.5, 0.6) is 0 Å². The predicted molar refractivity (Wildman–Crippen MR) is 126 cm³/mol. The summed E-state index contributed by atoms with van der Waals surface area (Å²) in [5, 5.41) is 10.8. The summed E-state index contributed by atoms with van der Waals surface area (Å²) in [7, 11) is 0. The zero-order valence-corrected chi connectivity index (χ0v) is 19.2. The smallest absolute Gasteiger partial charge is 0.293 e. The Labute approximate surface area is 195 Å². The largest absolute Gasteiger partial charge is 0.457 e. The monoisotopic (exact) mass is 546 g/mol. The van der Waals surface area contributed by atoms with Crippen LogP contribution < -0.4 is 0 Å². The number of nitrogens with zero attached hydrogens (tertiary/aromatic N) is 2. The molecule has 156 valence electrons. The molecule has 1 aromatic heterocycles. The summed E-state index contributed by atoms with van der Waals surface area (Å²) in [4.78, 5) is 37.3. The van der Waals surface area contributed by atoms with Gasteiger partial charge in [0.05, 0.1) is 16.4 Å². The number of thioether (sulfide) groups is 1. The molecule has 31 heavy (non-hydrogen) atoms. The summed E-state index contributed by atoms with van der Waals surface area (Å²) in [6, 6.07) is 15.8. The first-order valence-electron chi connectivity index (χ1n) is 9.17. The molecule has 0 aliphatic carbocycles. The third-order valence-electron chi connectivity index (χ3n) is 4.72. The average molecular weight is 546 g/mol. The van der Waals surface area contributed by atoms with Crippen LogP contribution in [0.1, 0.15) is 16.9 Å². The van der Waals surface area contributed by atoms with Crippen molar-refractivity contribution in [1.82, 2.24) is 4.90 Å². The number of amides is 2. The maximum absolute atomic E-state index is 12.7. The fourth-order valence-corrected chi connectivity index (χ4v) is 4.26. The van der Waals surface area contributed by atoms with E-state index in [9.17, 15) is 19.7 Å². The van der Waals surface area contributed by atoms with E-state index in [1.807, 2.05) is 24.3 Å². The highest BCUT2D eigenvalue weighted by Crippen LogP contribution is 2.35. The van der Waals surface area contributed by atoms with Gasteiger partial charge in [0.25, 0.3) is 16.8 Å². The van der Waals surface area contributed by atoms with E-state index in [1.54, 1.807) is 31.2 Å². The molecule has 0 unspecified atom stereocenters. The minimum Gasteiger partial charge on any atom is -0.457 e. The van der Waals surface area contributed by atoms with Gasteiger partial charge in [-0.25, -0.2) is 0 Å². The van der Waals surface area contributed by atoms with Crippen molar-refractivity contribution < 1.29 is 18.9 Å². The van der Waals surface area contributed by atoms with Crippen molar-refractivity contribution in [1.29, 1.82) is 0 Å². The number of nitro benzene ring substituents is 1. The first kappa shape index (κ1) is 21.3. The maximum Gasteiger partial charge on any atom is 0.293 e. The molecule has 0 saturated carbocycles. The van der Waals surface area contributed by atoms with E-state index in [4.69, 9.17) is 4.42 Å². The van der Waals surface area contributed by atoms with Gasteiger partial charge in [0.1, 0.15) is 11.5 Å². The molecule has 2 heterocycles. The van der Waals surface area contributed by atoms with Crippen molar-refractivity contribution in [3.8, 4) is 11.3 Å². The number of hydrogen-bond acceptors (Lipinski definition) is 6. The number of furan rings is 1. The van der Waals surface area contributed by atoms with Crippen molar-refractivity contribution in [3.63, 3.8) is 0 Å². The molecule has 1 fully saturated rings. The number of carbonyl (C=O) groups excluding carboxylic acids is 2. The van der Waals surface area contributed by atoms with E-state index in [1.165, 1.54) is 17.0 Å². The fraction of sp³-hybridized carbons (Fsp3) is 0.0909. The van der Waals surface area contributed by atoms with Crippen LogP contribution in [-0.4, -0.2) is 21.0 Å². The predicted octanol–water partition coefficient (Wildman–Crippen LogP) is 6.00. The molecule has 1 aliphatic rings. The van der Waals surface area contributed by atoms with Crippen LogP contribution in [0.3, 0.4) is 0 Å². The second-order valence-corrected chi connectivity index (χ2v) is 9.09. The van der Waals surface area contributed by atoms with Crippen molar-refractivity contribution in [2.24, 2.45) is 0 Å². The van der Waals surface area contributed by atoms with E-state index >= 15 is 0 Å². The Morgan fingerprint density at radius 3 is 2.58 bits per heavy atom. The zero-order chi connectivity index (χ0) is 22.1. The van der Waals surface area contributed by atoms with Gasteiger partial charge in [0.2, 0.25) is 0 Å². The Balaban J connectivity index is 1.55. The molecule has 1 aliphatic heterocycles. The first-order valence-corrected chi connectivity index (χ1v) is 11.1. The molecule has 3 aromatic rings. The van der Waals surface area contributed by atoms with Crippen molar-refractivity contribution in [2.75, 3.05) is 0 Å². The number of carbonyl (C=O) groups is 2. The van der Waals surface area contributed by atoms with Crippen LogP contribution in [0.2, 0.25) is 0 Å². The Kier molecular flexibility index (Phi) is 5.96. The van der Waals surface area contributed by atoms with Gasteiger partial charge in [0.15, 0.2) is 0 Å². The van der Waals surface area contributed by atoms with Gasteiger partial charge in [-0.1, -0.05) is 24.3 Å².